The van der Waals surface area contributed by atoms with Crippen LogP contribution in [0.2, 0.25) is 0 Å². The van der Waals surface area contributed by atoms with Gasteiger partial charge in [-0.2, -0.15) is 0 Å². The number of nitrogens with two attached hydrogens (primary N) is 1. The van der Waals surface area contributed by atoms with Gasteiger partial charge in [0.15, 0.2) is 0 Å². The lowest BCUT2D eigenvalue weighted by molar-refractivity contribution is -0.145. The van der Waals surface area contributed by atoms with Gasteiger partial charge in [0.05, 0.1) is 12.5 Å². The Bertz CT molecular complexity index is 597. The van der Waals surface area contributed by atoms with Gasteiger partial charge in [-0.05, 0) is 17.5 Å². The molecule has 6 heteroatoms. The standard InChI is InChI=1S/C15H18N2O4/c1-8(2)13-9-5-3-4-6-10(9)14(19)17(13)11(15(20)21)7-12(16)18/h3-6,8,11,13H,7H2,1-2H3,(H2,16,18)(H,20,21). The fraction of sp³-hybridized carbons (Fsp3) is 0.400. The quantitative estimate of drug-likeness (QED) is 0.849. The van der Waals surface area contributed by atoms with Crippen molar-refractivity contribution in [2.45, 2.75) is 32.4 Å². The number of aliphatic carboxylic acids is 1. The van der Waals surface area contributed by atoms with Gasteiger partial charge in [0.2, 0.25) is 5.91 Å². The summed E-state index contributed by atoms with van der Waals surface area (Å²) in [6.45, 7) is 3.83. The van der Waals surface area contributed by atoms with E-state index < -0.39 is 24.3 Å². The number of carbonyl (C=O) groups is 3. The van der Waals surface area contributed by atoms with E-state index in [4.69, 9.17) is 5.73 Å². The third-order valence-corrected chi connectivity index (χ3v) is 3.69. The number of primary amides is 1. The Kier molecular flexibility index (Phi) is 3.97. The molecule has 0 spiro atoms. The topological polar surface area (TPSA) is 101 Å². The average molecular weight is 290 g/mol. The summed E-state index contributed by atoms with van der Waals surface area (Å²) >= 11 is 0. The van der Waals surface area contributed by atoms with Gasteiger partial charge in [-0.15, -0.1) is 0 Å². The van der Waals surface area contributed by atoms with E-state index in [1.165, 1.54) is 4.90 Å². The Morgan fingerprint density at radius 3 is 2.48 bits per heavy atom. The third-order valence-electron chi connectivity index (χ3n) is 3.69. The van der Waals surface area contributed by atoms with E-state index in [-0.39, 0.29) is 17.9 Å². The minimum atomic E-state index is -1.24. The van der Waals surface area contributed by atoms with Crippen LogP contribution in [0, 0.1) is 5.92 Å². The Balaban J connectivity index is 2.49. The maximum absolute atomic E-state index is 12.5. The fourth-order valence-corrected chi connectivity index (χ4v) is 2.88. The summed E-state index contributed by atoms with van der Waals surface area (Å²) in [5.41, 5.74) is 6.42. The Morgan fingerprint density at radius 2 is 1.95 bits per heavy atom. The monoisotopic (exact) mass is 290 g/mol. The number of rotatable bonds is 5. The highest BCUT2D eigenvalue weighted by Crippen LogP contribution is 2.40. The molecule has 0 radical (unpaired) electrons. The molecule has 0 aliphatic carbocycles. The molecule has 1 aromatic carbocycles. The number of fused-ring (bicyclic) bond motifs is 1. The molecule has 112 valence electrons. The molecule has 1 aliphatic heterocycles. The van der Waals surface area contributed by atoms with Crippen LogP contribution in [0.5, 0.6) is 0 Å². The summed E-state index contributed by atoms with van der Waals surface area (Å²) in [6.07, 6.45) is -0.391. The molecule has 2 atom stereocenters. The lowest BCUT2D eigenvalue weighted by Gasteiger charge is -2.32. The number of carboxylic acid groups (broad SMARTS) is 1. The van der Waals surface area contributed by atoms with Crippen molar-refractivity contribution in [3.8, 4) is 0 Å². The molecular formula is C15H18N2O4. The van der Waals surface area contributed by atoms with Crippen molar-refractivity contribution < 1.29 is 19.5 Å². The van der Waals surface area contributed by atoms with Gasteiger partial charge in [-0.25, -0.2) is 4.79 Å². The minimum Gasteiger partial charge on any atom is -0.480 e. The van der Waals surface area contributed by atoms with Gasteiger partial charge in [0, 0.05) is 5.56 Å². The zero-order valence-corrected chi connectivity index (χ0v) is 11.9. The summed E-state index contributed by atoms with van der Waals surface area (Å²) in [5.74, 6) is -2.31. The molecule has 0 bridgehead atoms. The molecule has 1 heterocycles. The number of carbonyl (C=O) groups excluding carboxylic acids is 2. The van der Waals surface area contributed by atoms with Crippen molar-refractivity contribution in [3.63, 3.8) is 0 Å². The Morgan fingerprint density at radius 1 is 1.33 bits per heavy atom. The van der Waals surface area contributed by atoms with Gasteiger partial charge >= 0.3 is 5.97 Å². The van der Waals surface area contributed by atoms with Crippen molar-refractivity contribution >= 4 is 17.8 Å². The van der Waals surface area contributed by atoms with E-state index in [1.807, 2.05) is 26.0 Å². The molecular weight excluding hydrogens is 272 g/mol. The van der Waals surface area contributed by atoms with E-state index in [0.717, 1.165) is 5.56 Å². The first kappa shape index (κ1) is 15.0. The van der Waals surface area contributed by atoms with Crippen molar-refractivity contribution in [1.29, 1.82) is 0 Å². The predicted molar refractivity (Wildman–Crippen MR) is 75.4 cm³/mol. The number of nitrogens with zero attached hydrogens (tertiary/aromatic N) is 1. The van der Waals surface area contributed by atoms with Crippen molar-refractivity contribution in [2.75, 3.05) is 0 Å². The summed E-state index contributed by atoms with van der Waals surface area (Å²) in [4.78, 5) is 36.5. The summed E-state index contributed by atoms with van der Waals surface area (Å²) in [5, 5.41) is 9.38. The maximum Gasteiger partial charge on any atom is 0.326 e. The average Bonchev–Trinajstić information content (AvgIpc) is 2.69. The molecule has 1 aromatic rings. The van der Waals surface area contributed by atoms with Crippen LogP contribution in [0.1, 0.15) is 42.2 Å². The molecule has 0 fully saturated rings. The van der Waals surface area contributed by atoms with Crippen LogP contribution in [0.25, 0.3) is 0 Å². The van der Waals surface area contributed by atoms with Gasteiger partial charge in [-0.1, -0.05) is 32.0 Å². The predicted octanol–water partition coefficient (Wildman–Crippen LogP) is 1.17. The van der Waals surface area contributed by atoms with E-state index in [2.05, 4.69) is 0 Å². The van der Waals surface area contributed by atoms with Crippen LogP contribution in [0.4, 0.5) is 0 Å². The van der Waals surface area contributed by atoms with Crippen LogP contribution in [0.3, 0.4) is 0 Å². The highest BCUT2D eigenvalue weighted by atomic mass is 16.4. The van der Waals surface area contributed by atoms with E-state index in [0.29, 0.717) is 5.56 Å². The Labute approximate surface area is 122 Å². The van der Waals surface area contributed by atoms with E-state index in [9.17, 15) is 19.5 Å². The van der Waals surface area contributed by atoms with Crippen molar-refractivity contribution in [2.24, 2.45) is 11.7 Å². The molecule has 2 unspecified atom stereocenters. The first-order chi connectivity index (χ1) is 9.84. The van der Waals surface area contributed by atoms with E-state index in [1.54, 1.807) is 12.1 Å². The maximum atomic E-state index is 12.5. The Hall–Kier alpha value is -2.37. The normalized spacial score (nSPS) is 18.7. The van der Waals surface area contributed by atoms with Crippen LogP contribution < -0.4 is 5.73 Å². The van der Waals surface area contributed by atoms with Crippen molar-refractivity contribution in [3.05, 3.63) is 35.4 Å². The van der Waals surface area contributed by atoms with Gasteiger partial charge in [0.25, 0.3) is 5.91 Å². The number of benzene rings is 1. The molecule has 2 rings (SSSR count). The zero-order chi connectivity index (χ0) is 15.7. The highest BCUT2D eigenvalue weighted by molar-refractivity contribution is 6.02. The minimum absolute atomic E-state index is 0.0207. The second-order valence-corrected chi connectivity index (χ2v) is 5.51. The lowest BCUT2D eigenvalue weighted by Crippen LogP contribution is -2.46. The van der Waals surface area contributed by atoms with Gasteiger partial charge in [-0.3, -0.25) is 9.59 Å². The largest absolute Gasteiger partial charge is 0.480 e. The molecule has 0 saturated heterocycles. The van der Waals surface area contributed by atoms with Crippen LogP contribution >= 0.6 is 0 Å². The summed E-state index contributed by atoms with van der Waals surface area (Å²) < 4.78 is 0. The lowest BCUT2D eigenvalue weighted by atomic mass is 9.94. The number of carboxylic acids is 1. The zero-order valence-electron chi connectivity index (χ0n) is 11.9. The first-order valence-corrected chi connectivity index (χ1v) is 6.77. The summed E-state index contributed by atoms with van der Waals surface area (Å²) in [6, 6.07) is 5.44. The molecule has 0 aromatic heterocycles. The molecule has 2 amide bonds. The number of hydrogen-bond acceptors (Lipinski definition) is 3. The van der Waals surface area contributed by atoms with E-state index >= 15 is 0 Å². The molecule has 0 saturated carbocycles. The van der Waals surface area contributed by atoms with Crippen LogP contribution in [0.15, 0.2) is 24.3 Å². The smallest absolute Gasteiger partial charge is 0.326 e. The third kappa shape index (κ3) is 2.61. The molecule has 1 aliphatic rings. The van der Waals surface area contributed by atoms with Gasteiger partial charge < -0.3 is 15.7 Å². The molecule has 3 N–H and O–H groups in total. The van der Waals surface area contributed by atoms with Crippen molar-refractivity contribution in [1.82, 2.24) is 4.90 Å². The summed E-state index contributed by atoms with van der Waals surface area (Å²) in [7, 11) is 0. The number of amides is 2. The highest BCUT2D eigenvalue weighted by Gasteiger charge is 2.44. The second kappa shape index (κ2) is 5.55. The fourth-order valence-electron chi connectivity index (χ4n) is 2.88. The number of hydrogen-bond donors (Lipinski definition) is 2. The van der Waals surface area contributed by atoms with Crippen LogP contribution in [-0.2, 0) is 9.59 Å². The first-order valence-electron chi connectivity index (χ1n) is 6.77. The second-order valence-electron chi connectivity index (χ2n) is 5.51. The van der Waals surface area contributed by atoms with Gasteiger partial charge in [0.1, 0.15) is 6.04 Å². The molecule has 21 heavy (non-hydrogen) atoms. The molecule has 6 nitrogen and oxygen atoms in total. The van der Waals surface area contributed by atoms with Crippen LogP contribution in [-0.4, -0.2) is 33.8 Å². The SMILES string of the molecule is CC(C)C1c2ccccc2C(=O)N1C(CC(N)=O)C(=O)O.